The maximum absolute atomic E-state index is 3.76. The quantitative estimate of drug-likeness (QED) is 0.384. The van der Waals surface area contributed by atoms with Gasteiger partial charge in [0.25, 0.3) is 0 Å². The van der Waals surface area contributed by atoms with Crippen molar-refractivity contribution in [1.82, 2.24) is 0 Å². The summed E-state index contributed by atoms with van der Waals surface area (Å²) in [5.74, 6) is 0. The average molecular weight is 109 g/mol. The Bertz CT molecular complexity index is 80.0. The van der Waals surface area contributed by atoms with Crippen molar-refractivity contribution >= 4 is 0 Å². The second-order valence-electron chi connectivity index (χ2n) is 1.97. The smallest absolute Gasteiger partial charge is 0.0291 e. The van der Waals surface area contributed by atoms with Crippen molar-refractivity contribution in [2.75, 3.05) is 0 Å². The number of hydrogen-bond donors (Lipinski definition) is 0. The summed E-state index contributed by atoms with van der Waals surface area (Å²) < 4.78 is 0. The first-order valence-electron chi connectivity index (χ1n) is 2.84. The predicted molar refractivity (Wildman–Crippen MR) is 38.5 cm³/mol. The first kappa shape index (κ1) is 7.48. The normalized spacial score (nSPS) is 8.62. The zero-order valence-corrected chi connectivity index (χ0v) is 5.48. The van der Waals surface area contributed by atoms with Crippen molar-refractivity contribution in [1.29, 1.82) is 0 Å². The molecule has 0 heterocycles. The van der Waals surface area contributed by atoms with Crippen LogP contribution in [0, 0.1) is 6.42 Å². The van der Waals surface area contributed by atoms with E-state index in [1.165, 1.54) is 5.57 Å². The number of unbranched alkanes of at least 4 members (excludes halogenated alkanes) is 1. The molecule has 0 aromatic heterocycles. The van der Waals surface area contributed by atoms with Crippen LogP contribution in [-0.4, -0.2) is 0 Å². The van der Waals surface area contributed by atoms with Crippen LogP contribution < -0.4 is 0 Å². The Kier molecular flexibility index (Phi) is 4.33. The van der Waals surface area contributed by atoms with E-state index < -0.39 is 0 Å². The van der Waals surface area contributed by atoms with Crippen LogP contribution in [-0.2, 0) is 0 Å². The molecule has 0 fully saturated rings. The Morgan fingerprint density at radius 1 is 1.62 bits per heavy atom. The third kappa shape index (κ3) is 5.48. The molecule has 0 heteroatoms. The molecule has 0 bridgehead atoms. The molecular formula is C8H13. The van der Waals surface area contributed by atoms with Gasteiger partial charge in [0.15, 0.2) is 0 Å². The monoisotopic (exact) mass is 109 g/mol. The van der Waals surface area contributed by atoms with Gasteiger partial charge >= 0.3 is 0 Å². The molecule has 8 heavy (non-hydrogen) atoms. The summed E-state index contributed by atoms with van der Waals surface area (Å²) in [5, 5.41) is 0. The molecule has 0 unspecified atom stereocenters. The standard InChI is InChI=1S/C8H13/c1-4-5-6-7-8(2)3/h4,6H,1-2,5,7H2,3H3. The minimum absolute atomic E-state index is 0.993. The van der Waals surface area contributed by atoms with Crippen LogP contribution in [0.5, 0.6) is 0 Å². The van der Waals surface area contributed by atoms with Crippen LogP contribution in [0.25, 0.3) is 0 Å². The minimum atomic E-state index is 0.993. The van der Waals surface area contributed by atoms with E-state index in [0.29, 0.717) is 0 Å². The van der Waals surface area contributed by atoms with Crippen LogP contribution >= 0.6 is 0 Å². The second kappa shape index (κ2) is 4.63. The van der Waals surface area contributed by atoms with E-state index in [-0.39, 0.29) is 0 Å². The van der Waals surface area contributed by atoms with Gasteiger partial charge in [0.1, 0.15) is 0 Å². The van der Waals surface area contributed by atoms with Crippen molar-refractivity contribution < 1.29 is 0 Å². The minimum Gasteiger partial charge on any atom is -0.103 e. The van der Waals surface area contributed by atoms with E-state index >= 15 is 0 Å². The molecule has 0 N–H and O–H groups in total. The molecule has 0 aliphatic carbocycles. The molecule has 0 aromatic carbocycles. The van der Waals surface area contributed by atoms with Gasteiger partial charge in [0, 0.05) is 0 Å². The maximum atomic E-state index is 3.76. The summed E-state index contributed by atoms with van der Waals surface area (Å²) in [6, 6.07) is 0. The van der Waals surface area contributed by atoms with Gasteiger partial charge in [0.05, 0.1) is 0 Å². The maximum Gasteiger partial charge on any atom is -0.0291 e. The van der Waals surface area contributed by atoms with Gasteiger partial charge in [-0.15, -0.1) is 13.2 Å². The summed E-state index contributed by atoms with van der Waals surface area (Å²) in [7, 11) is 0. The highest BCUT2D eigenvalue weighted by Crippen LogP contribution is 2.01. The fourth-order valence-electron chi connectivity index (χ4n) is 0.448. The summed E-state index contributed by atoms with van der Waals surface area (Å²) in [6.45, 7) is 9.39. The summed E-state index contributed by atoms with van der Waals surface area (Å²) >= 11 is 0. The predicted octanol–water partition coefficient (Wildman–Crippen LogP) is 2.73. The lowest BCUT2D eigenvalue weighted by Crippen LogP contribution is -1.74. The van der Waals surface area contributed by atoms with Gasteiger partial charge in [-0.25, -0.2) is 0 Å². The number of allylic oxidation sites excluding steroid dienone is 2. The Morgan fingerprint density at radius 2 is 2.25 bits per heavy atom. The molecule has 0 saturated carbocycles. The van der Waals surface area contributed by atoms with Gasteiger partial charge in [-0.3, -0.25) is 0 Å². The van der Waals surface area contributed by atoms with Gasteiger partial charge in [-0.2, -0.15) is 0 Å². The molecule has 0 nitrogen and oxygen atoms in total. The Labute approximate surface area is 51.9 Å². The molecule has 0 rings (SSSR count). The SMILES string of the molecule is C=CC[CH]CC(=C)C. The Morgan fingerprint density at radius 3 is 2.62 bits per heavy atom. The van der Waals surface area contributed by atoms with E-state index in [1.54, 1.807) is 0 Å². The average Bonchev–Trinajstić information content (AvgIpc) is 1.66. The zero-order valence-electron chi connectivity index (χ0n) is 5.48. The molecule has 0 aliphatic heterocycles. The van der Waals surface area contributed by atoms with E-state index in [1.807, 2.05) is 13.0 Å². The lowest BCUT2D eigenvalue weighted by Gasteiger charge is -1.92. The van der Waals surface area contributed by atoms with Crippen LogP contribution in [0.1, 0.15) is 19.8 Å². The van der Waals surface area contributed by atoms with Crippen molar-refractivity contribution in [2.24, 2.45) is 0 Å². The molecule has 0 saturated heterocycles. The van der Waals surface area contributed by atoms with Crippen molar-refractivity contribution in [3.63, 3.8) is 0 Å². The molecule has 0 amide bonds. The van der Waals surface area contributed by atoms with E-state index in [9.17, 15) is 0 Å². The van der Waals surface area contributed by atoms with Gasteiger partial charge in [-0.1, -0.05) is 11.6 Å². The van der Waals surface area contributed by atoms with Crippen molar-refractivity contribution in [3.05, 3.63) is 31.2 Å². The lowest BCUT2D eigenvalue weighted by molar-refractivity contribution is 1.05. The molecule has 0 spiro atoms. The molecule has 45 valence electrons. The molecule has 1 radical (unpaired) electrons. The third-order valence-corrected chi connectivity index (χ3v) is 0.826. The fraction of sp³-hybridized carbons (Fsp3) is 0.375. The van der Waals surface area contributed by atoms with Crippen LogP contribution in [0.4, 0.5) is 0 Å². The molecular weight excluding hydrogens is 96.1 g/mol. The molecule has 0 aromatic rings. The highest BCUT2D eigenvalue weighted by Gasteiger charge is 1.83. The second-order valence-corrected chi connectivity index (χ2v) is 1.97. The first-order valence-corrected chi connectivity index (χ1v) is 2.84. The Hall–Kier alpha value is -0.520. The summed E-state index contributed by atoms with van der Waals surface area (Å²) in [4.78, 5) is 0. The van der Waals surface area contributed by atoms with Crippen molar-refractivity contribution in [3.8, 4) is 0 Å². The van der Waals surface area contributed by atoms with Gasteiger partial charge < -0.3 is 0 Å². The molecule has 0 aliphatic rings. The highest BCUT2D eigenvalue weighted by molar-refractivity contribution is 4.95. The third-order valence-electron chi connectivity index (χ3n) is 0.826. The van der Waals surface area contributed by atoms with Crippen LogP contribution in [0.15, 0.2) is 24.8 Å². The van der Waals surface area contributed by atoms with E-state index in [4.69, 9.17) is 0 Å². The fourth-order valence-corrected chi connectivity index (χ4v) is 0.448. The summed E-state index contributed by atoms with van der Waals surface area (Å²) in [5.41, 5.74) is 1.21. The summed E-state index contributed by atoms with van der Waals surface area (Å²) in [6.07, 6.45) is 6.07. The topological polar surface area (TPSA) is 0 Å². The van der Waals surface area contributed by atoms with E-state index in [2.05, 4.69) is 19.6 Å². The van der Waals surface area contributed by atoms with E-state index in [0.717, 1.165) is 12.8 Å². The number of hydrogen-bond acceptors (Lipinski definition) is 0. The largest absolute Gasteiger partial charge is 0.103 e. The molecule has 0 atom stereocenters. The van der Waals surface area contributed by atoms with Crippen LogP contribution in [0.3, 0.4) is 0 Å². The Balaban J connectivity index is 2.93. The number of rotatable bonds is 4. The lowest BCUT2D eigenvalue weighted by atomic mass is 10.1. The van der Waals surface area contributed by atoms with Crippen LogP contribution in [0.2, 0.25) is 0 Å². The van der Waals surface area contributed by atoms with Gasteiger partial charge in [0.2, 0.25) is 0 Å². The first-order chi connectivity index (χ1) is 3.77. The zero-order chi connectivity index (χ0) is 6.41. The van der Waals surface area contributed by atoms with Gasteiger partial charge in [-0.05, 0) is 26.2 Å². The van der Waals surface area contributed by atoms with Crippen molar-refractivity contribution in [2.45, 2.75) is 19.8 Å². The highest BCUT2D eigenvalue weighted by atomic mass is 13.9.